The number of hydrogen-bond donors (Lipinski definition) is 1. The second kappa shape index (κ2) is 4.11. The van der Waals surface area contributed by atoms with E-state index in [1.54, 1.807) is 38.1 Å². The highest BCUT2D eigenvalue weighted by Crippen LogP contribution is 2.35. The molecule has 98 valence electrons. The zero-order chi connectivity index (χ0) is 13.7. The molecule has 0 spiro atoms. The molecule has 0 saturated heterocycles. The van der Waals surface area contributed by atoms with Crippen LogP contribution in [0.4, 0.5) is 0 Å². The van der Waals surface area contributed by atoms with Gasteiger partial charge in [0.05, 0.1) is 12.2 Å². The summed E-state index contributed by atoms with van der Waals surface area (Å²) in [6.45, 7) is 3.43. The summed E-state index contributed by atoms with van der Waals surface area (Å²) in [7, 11) is 0. The minimum Gasteiger partial charge on any atom is -0.386 e. The van der Waals surface area contributed by atoms with Gasteiger partial charge in [-0.2, -0.15) is 0 Å². The maximum Gasteiger partial charge on any atom is 0.192 e. The maximum atomic E-state index is 12.5. The highest BCUT2D eigenvalue weighted by molar-refractivity contribution is 6.27. The van der Waals surface area contributed by atoms with E-state index >= 15 is 0 Å². The van der Waals surface area contributed by atoms with Crippen molar-refractivity contribution in [2.45, 2.75) is 32.2 Å². The quantitative estimate of drug-likeness (QED) is 0.766. The highest BCUT2D eigenvalue weighted by atomic mass is 16.5. The number of hydrogen-bond acceptors (Lipinski definition) is 4. The molecule has 0 saturated carbocycles. The van der Waals surface area contributed by atoms with Gasteiger partial charge in [0, 0.05) is 22.3 Å². The molecule has 0 fully saturated rings. The van der Waals surface area contributed by atoms with E-state index in [0.717, 1.165) is 0 Å². The first-order valence-corrected chi connectivity index (χ1v) is 6.28. The van der Waals surface area contributed by atoms with Gasteiger partial charge in [-0.3, -0.25) is 9.59 Å². The molecule has 4 nitrogen and oxygen atoms in total. The summed E-state index contributed by atoms with van der Waals surface area (Å²) in [6, 6.07) is 6.70. The first-order valence-electron chi connectivity index (χ1n) is 6.28. The lowest BCUT2D eigenvalue weighted by molar-refractivity contribution is -0.0492. The number of fused-ring (bicyclic) bond motifs is 1. The van der Waals surface area contributed by atoms with E-state index in [4.69, 9.17) is 4.74 Å². The number of aliphatic hydroxyl groups excluding tert-OH is 1. The van der Waals surface area contributed by atoms with Gasteiger partial charge in [0.1, 0.15) is 6.10 Å². The average molecular weight is 258 g/mol. The molecule has 0 amide bonds. The van der Waals surface area contributed by atoms with Crippen molar-refractivity contribution in [3.05, 3.63) is 46.5 Å². The molecule has 0 unspecified atom stereocenters. The highest BCUT2D eigenvalue weighted by Gasteiger charge is 2.43. The third-order valence-electron chi connectivity index (χ3n) is 3.76. The van der Waals surface area contributed by atoms with Crippen LogP contribution in [0.1, 0.15) is 34.6 Å². The van der Waals surface area contributed by atoms with Crippen LogP contribution in [0, 0.1) is 0 Å². The first-order chi connectivity index (χ1) is 9.02. The van der Waals surface area contributed by atoms with E-state index in [9.17, 15) is 14.7 Å². The summed E-state index contributed by atoms with van der Waals surface area (Å²) in [5.74, 6) is -0.483. The lowest BCUT2D eigenvalue weighted by Gasteiger charge is -2.36. The Balaban J connectivity index is 2.25. The summed E-state index contributed by atoms with van der Waals surface area (Å²) in [4.78, 5) is 24.9. The van der Waals surface area contributed by atoms with E-state index in [1.807, 2.05) is 0 Å². The van der Waals surface area contributed by atoms with Crippen molar-refractivity contribution in [2.75, 3.05) is 0 Å². The Bertz CT molecular complexity index is 614. The molecule has 4 heteroatoms. The van der Waals surface area contributed by atoms with Gasteiger partial charge in [-0.15, -0.1) is 0 Å². The number of carbonyl (C=O) groups is 2. The normalized spacial score (nSPS) is 30.2. The van der Waals surface area contributed by atoms with Crippen LogP contribution in [-0.4, -0.2) is 35.0 Å². The molecule has 3 rings (SSSR count). The second-order valence-corrected chi connectivity index (χ2v) is 4.96. The van der Waals surface area contributed by atoms with Crippen LogP contribution < -0.4 is 0 Å². The predicted molar refractivity (Wildman–Crippen MR) is 68.1 cm³/mol. The molecule has 1 aliphatic carbocycles. The van der Waals surface area contributed by atoms with E-state index in [-0.39, 0.29) is 17.1 Å². The Morgan fingerprint density at radius 3 is 2.11 bits per heavy atom. The van der Waals surface area contributed by atoms with Crippen molar-refractivity contribution in [2.24, 2.45) is 0 Å². The Kier molecular flexibility index (Phi) is 2.66. The van der Waals surface area contributed by atoms with Crippen LogP contribution in [0.5, 0.6) is 0 Å². The summed E-state index contributed by atoms with van der Waals surface area (Å²) < 4.78 is 5.52. The number of rotatable bonds is 0. The van der Waals surface area contributed by atoms with Gasteiger partial charge in [-0.05, 0) is 13.8 Å². The molecular weight excluding hydrogens is 244 g/mol. The minimum atomic E-state index is -1.05. The molecule has 3 atom stereocenters. The largest absolute Gasteiger partial charge is 0.386 e. The van der Waals surface area contributed by atoms with Crippen molar-refractivity contribution in [1.82, 2.24) is 0 Å². The molecule has 1 aromatic carbocycles. The van der Waals surface area contributed by atoms with E-state index in [0.29, 0.717) is 16.7 Å². The number of ether oxygens (including phenoxy) is 1. The topological polar surface area (TPSA) is 63.6 Å². The lowest BCUT2D eigenvalue weighted by atomic mass is 9.77. The van der Waals surface area contributed by atoms with Crippen LogP contribution in [0.3, 0.4) is 0 Å². The van der Waals surface area contributed by atoms with Gasteiger partial charge < -0.3 is 9.84 Å². The van der Waals surface area contributed by atoms with Gasteiger partial charge in [0.15, 0.2) is 11.6 Å². The third kappa shape index (κ3) is 1.60. The molecule has 0 bridgehead atoms. The van der Waals surface area contributed by atoms with Crippen LogP contribution in [0.15, 0.2) is 35.4 Å². The Morgan fingerprint density at radius 2 is 1.53 bits per heavy atom. The summed E-state index contributed by atoms with van der Waals surface area (Å²) in [5, 5.41) is 10.1. The van der Waals surface area contributed by atoms with Crippen molar-refractivity contribution in [3.8, 4) is 0 Å². The van der Waals surface area contributed by atoms with Gasteiger partial charge in [-0.1, -0.05) is 24.3 Å². The van der Waals surface area contributed by atoms with E-state index in [2.05, 4.69) is 0 Å². The zero-order valence-electron chi connectivity index (χ0n) is 10.7. The van der Waals surface area contributed by atoms with Crippen LogP contribution in [0.2, 0.25) is 0 Å². The number of ketones is 2. The lowest BCUT2D eigenvalue weighted by Crippen LogP contribution is -2.45. The third-order valence-corrected chi connectivity index (χ3v) is 3.76. The van der Waals surface area contributed by atoms with Gasteiger partial charge in [0.2, 0.25) is 0 Å². The summed E-state index contributed by atoms with van der Waals surface area (Å²) in [5.41, 5.74) is 1.26. The number of Topliss-reactive ketones (excluding diaryl/α,β-unsaturated/α-hetero) is 2. The zero-order valence-corrected chi connectivity index (χ0v) is 10.7. The molecule has 0 radical (unpaired) electrons. The Hall–Kier alpha value is -1.78. The maximum absolute atomic E-state index is 12.5. The number of aliphatic hydroxyl groups is 1. The number of benzene rings is 1. The molecule has 1 aliphatic heterocycles. The Morgan fingerprint density at radius 1 is 1.00 bits per heavy atom. The molecule has 0 aromatic heterocycles. The molecule has 1 heterocycles. The second-order valence-electron chi connectivity index (χ2n) is 4.96. The van der Waals surface area contributed by atoms with Gasteiger partial charge in [0.25, 0.3) is 0 Å². The fourth-order valence-corrected chi connectivity index (χ4v) is 2.81. The summed E-state index contributed by atoms with van der Waals surface area (Å²) in [6.07, 6.45) is -2.01. The van der Waals surface area contributed by atoms with Crippen molar-refractivity contribution < 1.29 is 19.4 Å². The van der Waals surface area contributed by atoms with E-state index in [1.165, 1.54) is 0 Å². The standard InChI is InChI=1S/C15H14O4/c1-7-11-12(13(16)8(2)19-7)15(18)10-6-4-3-5-9(10)14(11)17/h3-8,13,16H,1-2H3/t7-,8+,13+/m0/s1. The Labute approximate surface area is 110 Å². The molecule has 1 N–H and O–H groups in total. The van der Waals surface area contributed by atoms with Crippen molar-refractivity contribution >= 4 is 11.6 Å². The predicted octanol–water partition coefficient (Wildman–Crippen LogP) is 1.53. The van der Waals surface area contributed by atoms with Crippen LogP contribution in [0.25, 0.3) is 0 Å². The van der Waals surface area contributed by atoms with Crippen LogP contribution >= 0.6 is 0 Å². The molecule has 2 aliphatic rings. The average Bonchev–Trinajstić information content (AvgIpc) is 2.40. The number of carbonyl (C=O) groups excluding carboxylic acids is 2. The van der Waals surface area contributed by atoms with Gasteiger partial charge >= 0.3 is 0 Å². The smallest absolute Gasteiger partial charge is 0.192 e. The SMILES string of the molecule is C[C@@H]1O[C@H](C)[C@@H](O)C2=C1C(=O)c1ccccc1C2=O. The van der Waals surface area contributed by atoms with Gasteiger partial charge in [-0.25, -0.2) is 0 Å². The summed E-state index contributed by atoms with van der Waals surface area (Å²) >= 11 is 0. The molecular formula is C15H14O4. The molecule has 1 aromatic rings. The monoisotopic (exact) mass is 258 g/mol. The fraction of sp³-hybridized carbons (Fsp3) is 0.333. The minimum absolute atomic E-state index is 0.204. The molecule has 19 heavy (non-hydrogen) atoms. The fourth-order valence-electron chi connectivity index (χ4n) is 2.81. The first kappa shape index (κ1) is 12.3. The van der Waals surface area contributed by atoms with Crippen LogP contribution in [-0.2, 0) is 4.74 Å². The van der Waals surface area contributed by atoms with Crippen molar-refractivity contribution in [3.63, 3.8) is 0 Å². The van der Waals surface area contributed by atoms with Crippen molar-refractivity contribution in [1.29, 1.82) is 0 Å². The van der Waals surface area contributed by atoms with E-state index < -0.39 is 18.3 Å².